The molecular formula is C88H92N24O4P4. The molecule has 608 valence electrons. The van der Waals surface area contributed by atoms with Crippen molar-refractivity contribution in [2.75, 3.05) is 61.0 Å². The number of benzene rings is 4. The maximum Gasteiger partial charge on any atom is 0.356 e. The number of hydrogen-bond acceptors (Lipinski definition) is 16. The molecule has 28 nitrogen and oxygen atoms in total. The Morgan fingerprint density at radius 2 is 0.233 bits per heavy atom. The third-order valence-electron chi connectivity index (χ3n) is 15.0. The van der Waals surface area contributed by atoms with Gasteiger partial charge < -0.3 is 0 Å². The van der Waals surface area contributed by atoms with Gasteiger partial charge in [0.05, 0.1) is 0 Å². The number of aromatic nitrogens is 12. The summed E-state index contributed by atoms with van der Waals surface area (Å²) >= 11 is 0. The summed E-state index contributed by atoms with van der Waals surface area (Å²) in [6.45, 7) is 8.33. The molecule has 16 aromatic rings. The minimum absolute atomic E-state index is 0.475. The summed E-state index contributed by atoms with van der Waals surface area (Å²) in [6.07, 6.45) is 19.4. The van der Waals surface area contributed by atoms with Gasteiger partial charge in [-0.3, -0.25) is 79.3 Å². The van der Waals surface area contributed by atoms with Crippen LogP contribution in [-0.2, 0) is 18.3 Å². The van der Waals surface area contributed by atoms with Gasteiger partial charge in [0.25, 0.3) is 0 Å². The summed E-state index contributed by atoms with van der Waals surface area (Å²) in [5.41, 5.74) is 5.29. The molecule has 0 saturated carbocycles. The van der Waals surface area contributed by atoms with Crippen molar-refractivity contribution < 1.29 is 18.3 Å². The maximum atomic E-state index is 13.3. The third kappa shape index (κ3) is 35.9. The number of anilines is 12. The maximum absolute atomic E-state index is 13.3. The smallest absolute Gasteiger partial charge is 0.288 e. The predicted octanol–water partition coefficient (Wildman–Crippen LogP) is 22.4. The Morgan fingerprint density at radius 3 is 0.300 bits per heavy atom. The molecule has 0 radical (unpaired) electrons. The molecule has 0 atom stereocenters. The van der Waals surface area contributed by atoms with Gasteiger partial charge in [-0.2, -0.15) is 0 Å². The van der Waals surface area contributed by atoms with E-state index in [0.29, 0.717) is 69.8 Å². The molecule has 16 rings (SSSR count). The zero-order valence-corrected chi connectivity index (χ0v) is 69.6. The molecular weight excluding hydrogens is 1580 g/mol. The van der Waals surface area contributed by atoms with Gasteiger partial charge in [-0.25, -0.2) is 59.8 Å². The molecule has 4 aromatic carbocycles. The Labute approximate surface area is 699 Å². The standard InChI is InChI=1S/4C15H15N6OP.4C7H8/c4*22-23(19-13-7-1-4-10-16-13,20-14-8-2-5-11-17-14)21-15-9-3-6-12-18-15;4*1-7-5-3-2-4-6-7/h4*1-12H,(H3,16,17,18,19,20,21,22);4*2-6H,1H3. The summed E-state index contributed by atoms with van der Waals surface area (Å²) in [5.74, 6) is 5.70. The van der Waals surface area contributed by atoms with Crippen molar-refractivity contribution in [2.45, 2.75) is 27.7 Å². The Hall–Kier alpha value is -14.8. The lowest BCUT2D eigenvalue weighted by atomic mass is 10.2. The summed E-state index contributed by atoms with van der Waals surface area (Å²) in [7, 11) is -13.3. The van der Waals surface area contributed by atoms with Crippen molar-refractivity contribution in [3.05, 3.63) is 436 Å². The summed E-state index contributed by atoms with van der Waals surface area (Å²) < 4.78 is 53.1. The van der Waals surface area contributed by atoms with Crippen molar-refractivity contribution in [1.82, 2.24) is 59.8 Å². The molecule has 0 bridgehead atoms. The average molecular weight is 1670 g/mol. The lowest BCUT2D eigenvalue weighted by Crippen LogP contribution is -2.15. The molecule has 32 heteroatoms. The fraction of sp³-hybridized carbons (Fsp3) is 0.0455. The van der Waals surface area contributed by atoms with Gasteiger partial charge in [0.1, 0.15) is 69.8 Å². The second-order valence-electron chi connectivity index (χ2n) is 25.0. The predicted molar refractivity (Wildman–Crippen MR) is 489 cm³/mol. The molecule has 0 fully saturated rings. The Bertz CT molecular complexity index is 4470. The van der Waals surface area contributed by atoms with Gasteiger partial charge >= 0.3 is 30.4 Å². The Balaban J connectivity index is 0.000000164. The Morgan fingerprint density at radius 1 is 0.142 bits per heavy atom. The number of rotatable bonds is 24. The molecule has 0 aliphatic rings. The van der Waals surface area contributed by atoms with Crippen LogP contribution >= 0.6 is 30.4 Å². The van der Waals surface area contributed by atoms with Crippen molar-refractivity contribution in [2.24, 2.45) is 0 Å². The zero-order valence-electron chi connectivity index (χ0n) is 66.0. The fourth-order valence-corrected chi connectivity index (χ4v) is 15.7. The van der Waals surface area contributed by atoms with Crippen LogP contribution in [0.5, 0.6) is 0 Å². The van der Waals surface area contributed by atoms with Crippen LogP contribution in [0.4, 0.5) is 69.8 Å². The summed E-state index contributed by atoms with van der Waals surface area (Å²) in [6, 6.07) is 105. The first-order chi connectivity index (χ1) is 58.5. The number of pyridine rings is 12. The van der Waals surface area contributed by atoms with Gasteiger partial charge in [-0.15, -0.1) is 0 Å². The van der Waals surface area contributed by atoms with Crippen molar-refractivity contribution in [1.29, 1.82) is 0 Å². The molecule has 0 saturated heterocycles. The summed E-state index contributed by atoms with van der Waals surface area (Å²) in [4.78, 5) is 49.7. The van der Waals surface area contributed by atoms with Gasteiger partial charge in [0.2, 0.25) is 0 Å². The van der Waals surface area contributed by atoms with E-state index in [1.54, 1.807) is 293 Å². The van der Waals surface area contributed by atoms with Crippen LogP contribution in [0.3, 0.4) is 0 Å². The number of nitrogens with one attached hydrogen (secondary N) is 12. The van der Waals surface area contributed by atoms with Gasteiger partial charge in [-0.05, 0) is 173 Å². The fourth-order valence-electron chi connectivity index (χ4n) is 9.56. The topological polar surface area (TPSA) is 367 Å². The number of aryl methyl sites for hydroxylation is 4. The van der Waals surface area contributed by atoms with Crippen LogP contribution in [0.2, 0.25) is 0 Å². The van der Waals surface area contributed by atoms with Crippen LogP contribution < -0.4 is 61.0 Å². The highest BCUT2D eigenvalue weighted by atomic mass is 31.2. The first kappa shape index (κ1) is 89.1. The van der Waals surface area contributed by atoms with Crippen LogP contribution in [0.1, 0.15) is 22.3 Å². The quantitative estimate of drug-likeness (QED) is 0.0250. The van der Waals surface area contributed by atoms with E-state index in [-0.39, 0.29) is 0 Å². The molecule has 0 aliphatic heterocycles. The Kier molecular flexibility index (Phi) is 37.0. The van der Waals surface area contributed by atoms with Crippen molar-refractivity contribution >= 4 is 100 Å². The van der Waals surface area contributed by atoms with Crippen molar-refractivity contribution in [3.63, 3.8) is 0 Å². The average Bonchev–Trinajstić information content (AvgIpc) is 0.848. The molecule has 0 unspecified atom stereocenters. The minimum atomic E-state index is -3.32. The zero-order chi connectivity index (χ0) is 84.3. The molecule has 120 heavy (non-hydrogen) atoms. The van der Waals surface area contributed by atoms with E-state index in [2.05, 4.69) is 197 Å². The molecule has 0 aliphatic carbocycles. The summed E-state index contributed by atoms with van der Waals surface area (Å²) in [5, 5.41) is 34.7. The monoisotopic (exact) mass is 1670 g/mol. The van der Waals surface area contributed by atoms with E-state index in [1.807, 2.05) is 72.8 Å². The van der Waals surface area contributed by atoms with E-state index in [1.165, 1.54) is 22.3 Å². The first-order valence-electron chi connectivity index (χ1n) is 37.3. The van der Waals surface area contributed by atoms with E-state index >= 15 is 0 Å². The minimum Gasteiger partial charge on any atom is -0.288 e. The van der Waals surface area contributed by atoms with Crippen LogP contribution in [0, 0.1) is 27.7 Å². The normalized spacial score (nSPS) is 10.3. The van der Waals surface area contributed by atoms with E-state index in [9.17, 15) is 18.3 Å². The SMILES string of the molecule is Cc1ccccc1.Cc1ccccc1.Cc1ccccc1.Cc1ccccc1.O=P(Nc1ccccn1)(Nc1ccccn1)Nc1ccccn1.O=P(Nc1ccccn1)(Nc1ccccn1)Nc1ccccn1.O=P(Nc1ccccn1)(Nc1ccccn1)Nc1ccccn1.O=P(Nc1ccccn1)(Nc1ccccn1)Nc1ccccn1. The molecule has 0 spiro atoms. The highest BCUT2D eigenvalue weighted by Crippen LogP contribution is 2.47. The molecule has 12 heterocycles. The third-order valence-corrected chi connectivity index (χ3v) is 21.5. The van der Waals surface area contributed by atoms with Gasteiger partial charge in [0, 0.05) is 74.4 Å². The lowest BCUT2D eigenvalue weighted by molar-refractivity contribution is 0.583. The molecule has 12 aromatic heterocycles. The van der Waals surface area contributed by atoms with Crippen LogP contribution in [0.25, 0.3) is 0 Å². The first-order valence-corrected chi connectivity index (χ1v) is 44.1. The van der Waals surface area contributed by atoms with Gasteiger partial charge in [0.15, 0.2) is 0 Å². The second kappa shape index (κ2) is 49.9. The van der Waals surface area contributed by atoms with E-state index in [4.69, 9.17) is 0 Å². The van der Waals surface area contributed by atoms with E-state index < -0.39 is 30.4 Å². The number of hydrogen-bond donors (Lipinski definition) is 12. The highest BCUT2D eigenvalue weighted by molar-refractivity contribution is 7.69. The second-order valence-corrected chi connectivity index (χ2v) is 32.5. The van der Waals surface area contributed by atoms with Crippen LogP contribution in [0.15, 0.2) is 414 Å². The molecule has 12 N–H and O–H groups in total. The van der Waals surface area contributed by atoms with Crippen LogP contribution in [-0.4, -0.2) is 59.8 Å². The lowest BCUT2D eigenvalue weighted by Gasteiger charge is -2.22. The number of nitrogens with zero attached hydrogens (tertiary/aromatic N) is 12. The van der Waals surface area contributed by atoms with E-state index in [0.717, 1.165) is 0 Å². The highest BCUT2D eigenvalue weighted by Gasteiger charge is 2.28. The van der Waals surface area contributed by atoms with Crippen molar-refractivity contribution in [3.8, 4) is 0 Å². The van der Waals surface area contributed by atoms with Gasteiger partial charge in [-0.1, -0.05) is 216 Å². The largest absolute Gasteiger partial charge is 0.356 e. The molecule has 0 amide bonds.